The number of benzene rings is 2. The van der Waals surface area contributed by atoms with Gasteiger partial charge in [-0.25, -0.2) is 0 Å². The summed E-state index contributed by atoms with van der Waals surface area (Å²) < 4.78 is 10.3. The lowest BCUT2D eigenvalue weighted by atomic mass is 10.0. The van der Waals surface area contributed by atoms with Crippen molar-refractivity contribution < 1.29 is 19.1 Å². The average molecular weight is 357 g/mol. The Morgan fingerprint density at radius 2 is 1.62 bits per heavy atom. The van der Waals surface area contributed by atoms with Crippen LogP contribution in [-0.2, 0) is 9.59 Å². The molecular formula is C19H23N3O4. The molecule has 0 heterocycles. The molecule has 138 valence electrons. The van der Waals surface area contributed by atoms with Gasteiger partial charge in [-0.2, -0.15) is 0 Å². The number of amides is 2. The van der Waals surface area contributed by atoms with E-state index in [0.717, 1.165) is 5.56 Å². The van der Waals surface area contributed by atoms with Crippen LogP contribution in [0.2, 0.25) is 0 Å². The van der Waals surface area contributed by atoms with Gasteiger partial charge in [-0.3, -0.25) is 9.59 Å². The number of methoxy groups -OCH3 is 2. The van der Waals surface area contributed by atoms with Crippen molar-refractivity contribution in [3.8, 4) is 11.5 Å². The maximum atomic E-state index is 12.0. The van der Waals surface area contributed by atoms with Crippen LogP contribution in [0.15, 0.2) is 48.5 Å². The van der Waals surface area contributed by atoms with Gasteiger partial charge < -0.3 is 25.8 Å². The second-order valence-corrected chi connectivity index (χ2v) is 5.65. The Morgan fingerprint density at radius 1 is 1.00 bits per heavy atom. The van der Waals surface area contributed by atoms with E-state index in [1.807, 2.05) is 30.3 Å². The fraction of sp³-hybridized carbons (Fsp3) is 0.263. The molecule has 0 spiro atoms. The Hall–Kier alpha value is -3.06. The van der Waals surface area contributed by atoms with Gasteiger partial charge in [0.05, 0.1) is 20.8 Å². The summed E-state index contributed by atoms with van der Waals surface area (Å²) in [6.07, 6.45) is 0.101. The van der Waals surface area contributed by atoms with Crippen LogP contribution < -0.4 is 25.8 Å². The smallest absolute Gasteiger partial charge is 0.243 e. The molecule has 2 aromatic rings. The molecule has 0 saturated carbocycles. The Bertz CT molecular complexity index is 727. The van der Waals surface area contributed by atoms with Gasteiger partial charge in [-0.1, -0.05) is 30.3 Å². The summed E-state index contributed by atoms with van der Waals surface area (Å²) in [7, 11) is 3.05. The monoisotopic (exact) mass is 357 g/mol. The minimum absolute atomic E-state index is 0.101. The highest BCUT2D eigenvalue weighted by atomic mass is 16.5. The Kier molecular flexibility index (Phi) is 6.99. The molecule has 2 rings (SSSR count). The third-order valence-corrected chi connectivity index (χ3v) is 3.71. The highest BCUT2D eigenvalue weighted by Crippen LogP contribution is 2.25. The van der Waals surface area contributed by atoms with E-state index in [1.165, 1.54) is 14.2 Å². The molecule has 26 heavy (non-hydrogen) atoms. The molecule has 0 aliphatic rings. The zero-order valence-electron chi connectivity index (χ0n) is 14.8. The van der Waals surface area contributed by atoms with Crippen molar-refractivity contribution >= 4 is 17.5 Å². The number of ether oxygens (including phenoxy) is 2. The molecular weight excluding hydrogens is 334 g/mol. The van der Waals surface area contributed by atoms with Gasteiger partial charge in [-0.05, 0) is 5.56 Å². The van der Waals surface area contributed by atoms with Gasteiger partial charge in [-0.15, -0.1) is 0 Å². The first kappa shape index (κ1) is 19.3. The molecule has 0 fully saturated rings. The summed E-state index contributed by atoms with van der Waals surface area (Å²) in [5, 5.41) is 5.25. The molecule has 2 amide bonds. The zero-order chi connectivity index (χ0) is 18.9. The number of hydrogen-bond donors (Lipinski definition) is 3. The summed E-state index contributed by atoms with van der Waals surface area (Å²) in [4.78, 5) is 24.0. The fourth-order valence-corrected chi connectivity index (χ4v) is 2.35. The maximum absolute atomic E-state index is 12.0. The Morgan fingerprint density at radius 3 is 2.19 bits per heavy atom. The van der Waals surface area contributed by atoms with Crippen molar-refractivity contribution in [3.63, 3.8) is 0 Å². The first-order valence-corrected chi connectivity index (χ1v) is 8.12. The normalized spacial score (nSPS) is 11.3. The third-order valence-electron chi connectivity index (χ3n) is 3.71. The van der Waals surface area contributed by atoms with Crippen molar-refractivity contribution in [2.24, 2.45) is 5.73 Å². The first-order chi connectivity index (χ1) is 12.5. The van der Waals surface area contributed by atoms with Crippen LogP contribution in [-0.4, -0.2) is 32.6 Å². The van der Waals surface area contributed by atoms with E-state index in [1.54, 1.807) is 18.2 Å². The second-order valence-electron chi connectivity index (χ2n) is 5.65. The molecule has 0 aliphatic heterocycles. The van der Waals surface area contributed by atoms with Gasteiger partial charge >= 0.3 is 0 Å². The molecule has 7 heteroatoms. The number of carbonyl (C=O) groups is 2. The van der Waals surface area contributed by atoms with Gasteiger partial charge in [0.25, 0.3) is 0 Å². The topological polar surface area (TPSA) is 103 Å². The minimum atomic E-state index is -0.415. The first-order valence-electron chi connectivity index (χ1n) is 8.12. The molecule has 2 aromatic carbocycles. The van der Waals surface area contributed by atoms with Gasteiger partial charge in [0.15, 0.2) is 0 Å². The van der Waals surface area contributed by atoms with Crippen LogP contribution >= 0.6 is 0 Å². The van der Waals surface area contributed by atoms with Crippen molar-refractivity contribution in [2.75, 3.05) is 26.1 Å². The summed E-state index contributed by atoms with van der Waals surface area (Å²) >= 11 is 0. The molecule has 1 atom stereocenters. The summed E-state index contributed by atoms with van der Waals surface area (Å²) in [6.45, 7) is -0.153. The highest BCUT2D eigenvalue weighted by Gasteiger charge is 2.13. The minimum Gasteiger partial charge on any atom is -0.497 e. The molecule has 0 saturated heterocycles. The van der Waals surface area contributed by atoms with Crippen molar-refractivity contribution in [1.29, 1.82) is 0 Å². The van der Waals surface area contributed by atoms with Crippen LogP contribution in [0, 0.1) is 0 Å². The Balaban J connectivity index is 1.84. The molecule has 7 nitrogen and oxygen atoms in total. The van der Waals surface area contributed by atoms with E-state index in [-0.39, 0.29) is 24.8 Å². The molecule has 4 N–H and O–H groups in total. The van der Waals surface area contributed by atoms with E-state index in [0.29, 0.717) is 17.2 Å². The lowest BCUT2D eigenvalue weighted by Crippen LogP contribution is -2.34. The second kappa shape index (κ2) is 9.43. The van der Waals surface area contributed by atoms with Crippen molar-refractivity contribution in [2.45, 2.75) is 12.5 Å². The average Bonchev–Trinajstić information content (AvgIpc) is 2.66. The molecule has 0 bridgehead atoms. The van der Waals surface area contributed by atoms with Gasteiger partial charge in [0.2, 0.25) is 11.8 Å². The Labute approximate surface area is 152 Å². The van der Waals surface area contributed by atoms with E-state index in [9.17, 15) is 9.59 Å². The predicted molar refractivity (Wildman–Crippen MR) is 99.2 cm³/mol. The molecule has 1 unspecified atom stereocenters. The summed E-state index contributed by atoms with van der Waals surface area (Å²) in [6, 6.07) is 13.9. The van der Waals surface area contributed by atoms with Crippen LogP contribution in [0.3, 0.4) is 0 Å². The van der Waals surface area contributed by atoms with E-state index < -0.39 is 6.04 Å². The van der Waals surface area contributed by atoms with Gasteiger partial charge in [0.1, 0.15) is 11.5 Å². The lowest BCUT2D eigenvalue weighted by molar-refractivity contribution is -0.124. The van der Waals surface area contributed by atoms with Crippen LogP contribution in [0.25, 0.3) is 0 Å². The SMILES string of the molecule is COc1cc(NC(=O)CNC(=O)CC(N)c2ccccc2)cc(OC)c1. The van der Waals surface area contributed by atoms with Crippen LogP contribution in [0.1, 0.15) is 18.0 Å². The molecule has 0 radical (unpaired) electrons. The lowest BCUT2D eigenvalue weighted by Gasteiger charge is -2.13. The van der Waals surface area contributed by atoms with Crippen LogP contribution in [0.4, 0.5) is 5.69 Å². The van der Waals surface area contributed by atoms with Crippen molar-refractivity contribution in [1.82, 2.24) is 5.32 Å². The standard InChI is InChI=1S/C19H23N3O4/c1-25-15-8-14(9-16(10-15)26-2)22-19(24)12-21-18(23)11-17(20)13-6-4-3-5-7-13/h3-10,17H,11-12,20H2,1-2H3,(H,21,23)(H,22,24). The number of rotatable bonds is 8. The predicted octanol–water partition coefficient (Wildman–Crippen LogP) is 1.85. The third kappa shape index (κ3) is 5.78. The van der Waals surface area contributed by atoms with Gasteiger partial charge in [0, 0.05) is 36.3 Å². The van der Waals surface area contributed by atoms with E-state index >= 15 is 0 Å². The summed E-state index contributed by atoms with van der Waals surface area (Å²) in [5.41, 5.74) is 7.39. The van der Waals surface area contributed by atoms with Crippen LogP contribution in [0.5, 0.6) is 11.5 Å². The van der Waals surface area contributed by atoms with E-state index in [4.69, 9.17) is 15.2 Å². The molecule has 0 aromatic heterocycles. The number of hydrogen-bond acceptors (Lipinski definition) is 5. The fourth-order valence-electron chi connectivity index (χ4n) is 2.35. The number of carbonyl (C=O) groups excluding carboxylic acids is 2. The zero-order valence-corrected chi connectivity index (χ0v) is 14.8. The quantitative estimate of drug-likeness (QED) is 0.669. The maximum Gasteiger partial charge on any atom is 0.243 e. The molecule has 0 aliphatic carbocycles. The number of anilines is 1. The van der Waals surface area contributed by atoms with E-state index in [2.05, 4.69) is 10.6 Å². The summed E-state index contributed by atoms with van der Waals surface area (Å²) in [5.74, 6) is 0.455. The number of nitrogens with two attached hydrogens (primary N) is 1. The largest absolute Gasteiger partial charge is 0.497 e. The highest BCUT2D eigenvalue weighted by molar-refractivity contribution is 5.94. The number of nitrogens with one attached hydrogen (secondary N) is 2. The van der Waals surface area contributed by atoms with Crippen molar-refractivity contribution in [3.05, 3.63) is 54.1 Å².